The van der Waals surface area contributed by atoms with Crippen molar-refractivity contribution in [3.63, 3.8) is 0 Å². The fourth-order valence-electron chi connectivity index (χ4n) is 9.04. The predicted molar refractivity (Wildman–Crippen MR) is 245 cm³/mol. The first kappa shape index (κ1) is 32.9. The Balaban J connectivity index is 1.02. The van der Waals surface area contributed by atoms with Crippen LogP contribution in [0.4, 0.5) is 17.1 Å². The van der Waals surface area contributed by atoms with Crippen molar-refractivity contribution in [3.05, 3.63) is 212 Å². The molecular formula is C54H35N3S. The summed E-state index contributed by atoms with van der Waals surface area (Å²) in [6.07, 6.45) is 0. The molecule has 11 aromatic rings. The van der Waals surface area contributed by atoms with E-state index >= 15 is 0 Å². The zero-order valence-electron chi connectivity index (χ0n) is 31.5. The highest BCUT2D eigenvalue weighted by Crippen LogP contribution is 2.52. The van der Waals surface area contributed by atoms with Gasteiger partial charge in [-0.05, 0) is 125 Å². The van der Waals surface area contributed by atoms with Crippen molar-refractivity contribution in [2.75, 3.05) is 4.90 Å². The summed E-state index contributed by atoms with van der Waals surface area (Å²) in [6, 6.07) is 77.4. The normalized spacial score (nSPS) is 12.4. The summed E-state index contributed by atoms with van der Waals surface area (Å²) in [5, 5.41) is 4.99. The lowest BCUT2D eigenvalue weighted by Crippen LogP contribution is -2.14. The molecule has 0 atom stereocenters. The van der Waals surface area contributed by atoms with Gasteiger partial charge in [0.1, 0.15) is 0 Å². The van der Waals surface area contributed by atoms with Crippen molar-refractivity contribution in [1.29, 1.82) is 0 Å². The Morgan fingerprint density at radius 3 is 1.28 bits per heavy atom. The van der Waals surface area contributed by atoms with Gasteiger partial charge >= 0.3 is 0 Å². The first-order valence-corrected chi connectivity index (χ1v) is 20.6. The predicted octanol–water partition coefficient (Wildman–Crippen LogP) is 15.1. The molecule has 2 aromatic heterocycles. The molecule has 272 valence electrons. The molecule has 3 nitrogen and oxygen atoms in total. The van der Waals surface area contributed by atoms with Crippen molar-refractivity contribution in [3.8, 4) is 33.6 Å². The molecule has 0 saturated carbocycles. The Kier molecular flexibility index (Phi) is 7.47. The van der Waals surface area contributed by atoms with E-state index in [1.54, 1.807) is 0 Å². The van der Waals surface area contributed by atoms with Crippen LogP contribution in [0.2, 0.25) is 0 Å². The SMILES string of the molecule is c1ccc(N2c3ccccc3Sc3cc(-c4ccc5c(c4)c4cc(-c6ccc7c(c6)c6ccccc6n7-c6ccccc6)ccc4n5-c4ccccc4)ccc32)cc1. The molecule has 0 fully saturated rings. The van der Waals surface area contributed by atoms with Crippen LogP contribution in [-0.2, 0) is 0 Å². The molecule has 0 radical (unpaired) electrons. The monoisotopic (exact) mass is 757 g/mol. The lowest BCUT2D eigenvalue weighted by Gasteiger charge is -2.33. The van der Waals surface area contributed by atoms with E-state index in [-0.39, 0.29) is 0 Å². The quantitative estimate of drug-likeness (QED) is 0.173. The maximum Gasteiger partial charge on any atom is 0.0602 e. The van der Waals surface area contributed by atoms with Gasteiger partial charge in [0, 0.05) is 48.4 Å². The lowest BCUT2D eigenvalue weighted by atomic mass is 9.99. The van der Waals surface area contributed by atoms with Crippen LogP contribution in [0.25, 0.3) is 77.2 Å². The summed E-state index contributed by atoms with van der Waals surface area (Å²) in [6.45, 7) is 0. The number of para-hydroxylation sites is 5. The van der Waals surface area contributed by atoms with E-state index in [1.807, 2.05) is 11.8 Å². The Hall–Kier alpha value is -7.27. The molecule has 9 aromatic carbocycles. The Labute approximate surface area is 340 Å². The van der Waals surface area contributed by atoms with Crippen molar-refractivity contribution in [1.82, 2.24) is 9.13 Å². The smallest absolute Gasteiger partial charge is 0.0602 e. The van der Waals surface area contributed by atoms with Crippen LogP contribution in [0.3, 0.4) is 0 Å². The molecule has 0 spiro atoms. The summed E-state index contributed by atoms with van der Waals surface area (Å²) in [7, 11) is 0. The third-order valence-electron chi connectivity index (χ3n) is 11.7. The first-order valence-electron chi connectivity index (χ1n) is 19.8. The summed E-state index contributed by atoms with van der Waals surface area (Å²) >= 11 is 1.85. The number of hydrogen-bond donors (Lipinski definition) is 0. The third-order valence-corrected chi connectivity index (χ3v) is 12.8. The number of benzene rings is 9. The number of hydrogen-bond acceptors (Lipinski definition) is 2. The molecule has 58 heavy (non-hydrogen) atoms. The van der Waals surface area contributed by atoms with Crippen molar-refractivity contribution >= 4 is 72.4 Å². The Morgan fingerprint density at radius 1 is 0.276 bits per heavy atom. The van der Waals surface area contributed by atoms with Gasteiger partial charge in [0.05, 0.1) is 33.4 Å². The number of aromatic nitrogens is 2. The molecule has 0 amide bonds. The molecule has 3 heterocycles. The molecule has 1 aliphatic heterocycles. The van der Waals surface area contributed by atoms with E-state index in [4.69, 9.17) is 0 Å². The minimum absolute atomic E-state index is 1.16. The van der Waals surface area contributed by atoms with E-state index < -0.39 is 0 Å². The minimum atomic E-state index is 1.16. The number of nitrogens with zero attached hydrogens (tertiary/aromatic N) is 3. The summed E-state index contributed by atoms with van der Waals surface area (Å²) in [4.78, 5) is 4.89. The maximum atomic E-state index is 2.41. The molecular weight excluding hydrogens is 723 g/mol. The van der Waals surface area contributed by atoms with Gasteiger partial charge in [-0.25, -0.2) is 0 Å². The van der Waals surface area contributed by atoms with Crippen LogP contribution in [0.15, 0.2) is 222 Å². The van der Waals surface area contributed by atoms with E-state index in [2.05, 4.69) is 226 Å². The summed E-state index contributed by atoms with van der Waals surface area (Å²) in [5.74, 6) is 0. The molecule has 12 rings (SSSR count). The molecule has 1 aliphatic rings. The van der Waals surface area contributed by atoms with Crippen LogP contribution in [-0.4, -0.2) is 9.13 Å². The van der Waals surface area contributed by atoms with Crippen LogP contribution < -0.4 is 4.90 Å². The van der Waals surface area contributed by atoms with Crippen molar-refractivity contribution < 1.29 is 0 Å². The zero-order valence-corrected chi connectivity index (χ0v) is 32.3. The van der Waals surface area contributed by atoms with Gasteiger partial charge in [-0.15, -0.1) is 0 Å². The van der Waals surface area contributed by atoms with E-state index in [1.165, 1.54) is 92.7 Å². The average Bonchev–Trinajstić information content (AvgIpc) is 3.80. The largest absolute Gasteiger partial charge is 0.309 e. The van der Waals surface area contributed by atoms with Crippen molar-refractivity contribution in [2.45, 2.75) is 9.79 Å². The second kappa shape index (κ2) is 13.2. The van der Waals surface area contributed by atoms with Gasteiger partial charge in [0.25, 0.3) is 0 Å². The van der Waals surface area contributed by atoms with Crippen LogP contribution in [0.5, 0.6) is 0 Å². The van der Waals surface area contributed by atoms with Gasteiger partial charge < -0.3 is 14.0 Å². The van der Waals surface area contributed by atoms with Crippen LogP contribution in [0, 0.1) is 0 Å². The highest BCUT2D eigenvalue weighted by Gasteiger charge is 2.25. The van der Waals surface area contributed by atoms with Gasteiger partial charge in [-0.1, -0.05) is 121 Å². The maximum absolute atomic E-state index is 2.41. The molecule has 4 heteroatoms. The topological polar surface area (TPSA) is 13.1 Å². The molecule has 0 aliphatic carbocycles. The summed E-state index contributed by atoms with van der Waals surface area (Å²) in [5.41, 5.74) is 15.5. The van der Waals surface area contributed by atoms with Gasteiger partial charge in [0.2, 0.25) is 0 Å². The average molecular weight is 758 g/mol. The second-order valence-electron chi connectivity index (χ2n) is 15.0. The second-order valence-corrected chi connectivity index (χ2v) is 16.1. The van der Waals surface area contributed by atoms with E-state index in [0.29, 0.717) is 0 Å². The third kappa shape index (κ3) is 5.16. The molecule has 0 saturated heterocycles. The highest BCUT2D eigenvalue weighted by molar-refractivity contribution is 7.99. The fourth-order valence-corrected chi connectivity index (χ4v) is 10.1. The molecule has 0 N–H and O–H groups in total. The molecule has 0 bridgehead atoms. The van der Waals surface area contributed by atoms with Crippen LogP contribution >= 0.6 is 11.8 Å². The Bertz CT molecular complexity index is 3360. The van der Waals surface area contributed by atoms with Gasteiger partial charge in [-0.3, -0.25) is 0 Å². The number of fused-ring (bicyclic) bond motifs is 8. The first-order chi connectivity index (χ1) is 28.8. The van der Waals surface area contributed by atoms with E-state index in [0.717, 1.165) is 11.4 Å². The fraction of sp³-hybridized carbons (Fsp3) is 0. The number of rotatable bonds is 5. The van der Waals surface area contributed by atoms with Gasteiger partial charge in [0.15, 0.2) is 0 Å². The molecule has 0 unspecified atom stereocenters. The Morgan fingerprint density at radius 2 is 0.690 bits per heavy atom. The standard InChI is InChI=1S/C54H35N3S/c1-4-14-40(15-5-1)55-47-21-11-10-20-43(47)44-32-36(24-28-48(44)55)37-25-29-49-45(33-37)46-34-38(26-30-50(46)56(49)41-16-6-2-7-17-41)39-27-31-52-54(35-39)58-53-23-13-12-22-51(53)57(52)42-18-8-3-9-19-42/h1-35H. The van der Waals surface area contributed by atoms with E-state index in [9.17, 15) is 0 Å². The highest BCUT2D eigenvalue weighted by atomic mass is 32.2. The van der Waals surface area contributed by atoms with Crippen LogP contribution in [0.1, 0.15) is 0 Å². The van der Waals surface area contributed by atoms with Gasteiger partial charge in [-0.2, -0.15) is 0 Å². The lowest BCUT2D eigenvalue weighted by molar-refractivity contribution is 1.17. The summed E-state index contributed by atoms with van der Waals surface area (Å²) < 4.78 is 4.79. The number of anilines is 3. The minimum Gasteiger partial charge on any atom is -0.309 e. The zero-order chi connectivity index (χ0) is 38.2. The van der Waals surface area contributed by atoms with Crippen molar-refractivity contribution in [2.24, 2.45) is 0 Å².